The Bertz CT molecular complexity index is 450. The molecule has 1 atom stereocenters. The molecule has 1 heterocycles. The highest BCUT2D eigenvalue weighted by molar-refractivity contribution is 6.37. The number of nitrogens with zero attached hydrogens (tertiary/aromatic N) is 1. The first-order valence-electron chi connectivity index (χ1n) is 6.13. The zero-order chi connectivity index (χ0) is 13.8. The summed E-state index contributed by atoms with van der Waals surface area (Å²) in [5.41, 5.74) is 0. The third kappa shape index (κ3) is 4.16. The molecule has 0 aromatic heterocycles. The first-order chi connectivity index (χ1) is 9.09. The summed E-state index contributed by atoms with van der Waals surface area (Å²) >= 11 is 12.0. The highest BCUT2D eigenvalue weighted by Gasteiger charge is 2.29. The fourth-order valence-electron chi connectivity index (χ4n) is 2.26. The maximum absolute atomic E-state index is 11.0. The topological polar surface area (TPSA) is 49.8 Å². The first-order valence-corrected chi connectivity index (χ1v) is 6.89. The third-order valence-electron chi connectivity index (χ3n) is 3.19. The molecule has 1 N–H and O–H groups in total. The van der Waals surface area contributed by atoms with Crippen LogP contribution >= 0.6 is 35.6 Å². The Morgan fingerprint density at radius 3 is 2.65 bits per heavy atom. The zero-order valence-electron chi connectivity index (χ0n) is 10.7. The van der Waals surface area contributed by atoms with Gasteiger partial charge in [0.1, 0.15) is 12.6 Å². The summed E-state index contributed by atoms with van der Waals surface area (Å²) in [7, 11) is 0. The van der Waals surface area contributed by atoms with Crippen molar-refractivity contribution in [1.29, 1.82) is 0 Å². The van der Waals surface area contributed by atoms with Crippen LogP contribution in [0.5, 0.6) is 5.75 Å². The number of benzene rings is 1. The minimum absolute atomic E-state index is 0. The summed E-state index contributed by atoms with van der Waals surface area (Å²) < 4.78 is 5.56. The number of para-hydroxylation sites is 1. The van der Waals surface area contributed by atoms with E-state index < -0.39 is 12.0 Å². The van der Waals surface area contributed by atoms with E-state index in [1.165, 1.54) is 0 Å². The van der Waals surface area contributed by atoms with Gasteiger partial charge in [-0.05, 0) is 31.5 Å². The molecule has 1 aliphatic rings. The predicted molar refractivity (Wildman–Crippen MR) is 81.4 cm³/mol. The number of carboxylic acids is 1. The van der Waals surface area contributed by atoms with Gasteiger partial charge in [0.25, 0.3) is 0 Å². The number of carbonyl (C=O) groups is 1. The fraction of sp³-hybridized carbons (Fsp3) is 0.462. The maximum Gasteiger partial charge on any atom is 0.320 e. The number of rotatable bonds is 5. The van der Waals surface area contributed by atoms with E-state index in [1.54, 1.807) is 18.2 Å². The Balaban J connectivity index is 0.00000200. The van der Waals surface area contributed by atoms with E-state index in [1.807, 2.05) is 4.90 Å². The molecule has 1 aromatic rings. The lowest BCUT2D eigenvalue weighted by Gasteiger charge is -2.21. The second-order valence-electron chi connectivity index (χ2n) is 4.43. The largest absolute Gasteiger partial charge is 0.489 e. The van der Waals surface area contributed by atoms with Crippen LogP contribution in [0.2, 0.25) is 10.0 Å². The van der Waals surface area contributed by atoms with Crippen LogP contribution in [-0.4, -0.2) is 41.7 Å². The van der Waals surface area contributed by atoms with Crippen LogP contribution in [0.15, 0.2) is 18.2 Å². The number of hydrogen-bond donors (Lipinski definition) is 1. The Kier molecular flexibility index (Phi) is 6.89. The standard InChI is InChI=1S/C13H15Cl2NO3.ClH/c14-9-3-1-4-10(15)12(9)19-8-7-16-6-2-5-11(16)13(17)18;/h1,3-4,11H,2,5-8H2,(H,17,18);1H. The van der Waals surface area contributed by atoms with Crippen molar-refractivity contribution in [2.24, 2.45) is 0 Å². The summed E-state index contributed by atoms with van der Waals surface area (Å²) in [6, 6.07) is 4.76. The molecule has 0 aliphatic carbocycles. The van der Waals surface area contributed by atoms with E-state index in [9.17, 15) is 4.79 Å². The Labute approximate surface area is 134 Å². The van der Waals surface area contributed by atoms with Gasteiger partial charge in [-0.2, -0.15) is 0 Å². The summed E-state index contributed by atoms with van der Waals surface area (Å²) in [6.07, 6.45) is 1.60. The molecule has 0 spiro atoms. The van der Waals surface area contributed by atoms with Gasteiger partial charge >= 0.3 is 5.97 Å². The van der Waals surface area contributed by atoms with E-state index in [-0.39, 0.29) is 12.4 Å². The number of ether oxygens (including phenoxy) is 1. The minimum atomic E-state index is -0.770. The quantitative estimate of drug-likeness (QED) is 0.893. The van der Waals surface area contributed by atoms with Gasteiger partial charge in [-0.1, -0.05) is 29.3 Å². The number of halogens is 3. The number of hydrogen-bond acceptors (Lipinski definition) is 3. The molecule has 1 unspecified atom stereocenters. The van der Waals surface area contributed by atoms with Crippen molar-refractivity contribution in [2.45, 2.75) is 18.9 Å². The number of aliphatic carboxylic acids is 1. The Morgan fingerprint density at radius 2 is 2.05 bits per heavy atom. The molecule has 4 nitrogen and oxygen atoms in total. The van der Waals surface area contributed by atoms with Crippen LogP contribution < -0.4 is 4.74 Å². The molecule has 7 heteroatoms. The molecule has 0 radical (unpaired) electrons. The smallest absolute Gasteiger partial charge is 0.320 e. The second-order valence-corrected chi connectivity index (χ2v) is 5.25. The molecule has 2 rings (SSSR count). The van der Waals surface area contributed by atoms with Gasteiger partial charge < -0.3 is 9.84 Å². The Hall–Kier alpha value is -0.680. The molecule has 112 valence electrons. The van der Waals surface area contributed by atoms with Gasteiger partial charge in [-0.25, -0.2) is 0 Å². The lowest BCUT2D eigenvalue weighted by molar-refractivity contribution is -0.142. The maximum atomic E-state index is 11.0. The second kappa shape index (κ2) is 7.93. The van der Waals surface area contributed by atoms with Crippen molar-refractivity contribution in [3.63, 3.8) is 0 Å². The highest BCUT2D eigenvalue weighted by atomic mass is 35.5. The van der Waals surface area contributed by atoms with Crippen LogP contribution in [-0.2, 0) is 4.79 Å². The predicted octanol–water partition coefficient (Wildman–Crippen LogP) is 3.34. The van der Waals surface area contributed by atoms with Gasteiger partial charge in [-0.3, -0.25) is 9.69 Å². The van der Waals surface area contributed by atoms with Crippen molar-refractivity contribution in [1.82, 2.24) is 4.90 Å². The zero-order valence-corrected chi connectivity index (χ0v) is 13.0. The lowest BCUT2D eigenvalue weighted by atomic mass is 10.2. The fourth-order valence-corrected chi connectivity index (χ4v) is 2.77. The van der Waals surface area contributed by atoms with Crippen molar-refractivity contribution in [3.05, 3.63) is 28.2 Å². The van der Waals surface area contributed by atoms with Gasteiger partial charge in [0, 0.05) is 6.54 Å². The summed E-state index contributed by atoms with van der Waals surface area (Å²) in [5, 5.41) is 9.99. The average molecular weight is 341 g/mol. The van der Waals surface area contributed by atoms with Gasteiger partial charge in [0.2, 0.25) is 0 Å². The summed E-state index contributed by atoms with van der Waals surface area (Å²) in [5.74, 6) is -0.315. The molecule has 1 aliphatic heterocycles. The number of likely N-dealkylation sites (tertiary alicyclic amines) is 1. The van der Waals surface area contributed by atoms with Crippen molar-refractivity contribution >= 4 is 41.6 Å². The Morgan fingerprint density at radius 1 is 1.40 bits per heavy atom. The summed E-state index contributed by atoms with van der Waals surface area (Å²) in [4.78, 5) is 12.9. The van der Waals surface area contributed by atoms with Gasteiger partial charge in [-0.15, -0.1) is 12.4 Å². The normalized spacial score (nSPS) is 18.6. The molecule has 20 heavy (non-hydrogen) atoms. The van der Waals surface area contributed by atoms with Crippen LogP contribution in [0.4, 0.5) is 0 Å². The molecular weight excluding hydrogens is 325 g/mol. The molecule has 0 saturated carbocycles. The van der Waals surface area contributed by atoms with Crippen LogP contribution in [0, 0.1) is 0 Å². The monoisotopic (exact) mass is 339 g/mol. The van der Waals surface area contributed by atoms with E-state index >= 15 is 0 Å². The number of carboxylic acid groups (broad SMARTS) is 1. The highest BCUT2D eigenvalue weighted by Crippen LogP contribution is 2.32. The first kappa shape index (κ1) is 17.4. The third-order valence-corrected chi connectivity index (χ3v) is 3.79. The van der Waals surface area contributed by atoms with Crippen molar-refractivity contribution in [3.8, 4) is 5.75 Å². The van der Waals surface area contributed by atoms with E-state index in [4.69, 9.17) is 33.0 Å². The molecule has 0 amide bonds. The average Bonchev–Trinajstić information content (AvgIpc) is 2.81. The van der Waals surface area contributed by atoms with Crippen LogP contribution in [0.3, 0.4) is 0 Å². The summed E-state index contributed by atoms with van der Waals surface area (Å²) in [6.45, 7) is 1.71. The minimum Gasteiger partial charge on any atom is -0.489 e. The molecule has 1 fully saturated rings. The molecule has 1 saturated heterocycles. The van der Waals surface area contributed by atoms with E-state index in [0.717, 1.165) is 13.0 Å². The SMILES string of the molecule is Cl.O=C(O)C1CCCN1CCOc1c(Cl)cccc1Cl. The molecular formula is C13H16Cl3NO3. The van der Waals surface area contributed by atoms with E-state index in [2.05, 4.69) is 0 Å². The molecule has 0 bridgehead atoms. The van der Waals surface area contributed by atoms with E-state index in [0.29, 0.717) is 35.4 Å². The van der Waals surface area contributed by atoms with Crippen LogP contribution in [0.1, 0.15) is 12.8 Å². The van der Waals surface area contributed by atoms with Crippen molar-refractivity contribution in [2.75, 3.05) is 19.7 Å². The van der Waals surface area contributed by atoms with Crippen LogP contribution in [0.25, 0.3) is 0 Å². The molecule has 1 aromatic carbocycles. The van der Waals surface area contributed by atoms with Crippen molar-refractivity contribution < 1.29 is 14.6 Å². The lowest BCUT2D eigenvalue weighted by Crippen LogP contribution is -2.38. The van der Waals surface area contributed by atoms with Gasteiger partial charge in [0.05, 0.1) is 10.0 Å². The van der Waals surface area contributed by atoms with Gasteiger partial charge in [0.15, 0.2) is 5.75 Å².